The molecule has 0 radical (unpaired) electrons. The van der Waals surface area contributed by atoms with Crippen LogP contribution in [-0.2, 0) is 6.54 Å². The van der Waals surface area contributed by atoms with Crippen molar-refractivity contribution in [3.8, 4) is 0 Å². The first-order valence-corrected chi connectivity index (χ1v) is 6.99. The van der Waals surface area contributed by atoms with Crippen molar-refractivity contribution in [3.63, 3.8) is 0 Å². The fourth-order valence-electron chi connectivity index (χ4n) is 2.23. The molecule has 1 saturated heterocycles. The van der Waals surface area contributed by atoms with Crippen LogP contribution < -0.4 is 10.6 Å². The highest BCUT2D eigenvalue weighted by atomic mass is 32.1. The van der Waals surface area contributed by atoms with E-state index in [9.17, 15) is 0 Å². The van der Waals surface area contributed by atoms with E-state index in [1.807, 2.05) is 0 Å². The molecule has 2 N–H and O–H groups in total. The Bertz CT molecular complexity index is 324. The van der Waals surface area contributed by atoms with Crippen molar-refractivity contribution in [2.24, 2.45) is 5.92 Å². The van der Waals surface area contributed by atoms with E-state index in [1.165, 1.54) is 25.1 Å². The molecule has 1 aliphatic rings. The Labute approximate surface area is 102 Å². The Morgan fingerprint density at radius 2 is 2.50 bits per heavy atom. The highest BCUT2D eigenvalue weighted by Crippen LogP contribution is 2.15. The lowest BCUT2D eigenvalue weighted by atomic mass is 9.93. The number of nitrogens with one attached hydrogen (secondary N) is 2. The van der Waals surface area contributed by atoms with E-state index >= 15 is 0 Å². The fourth-order valence-corrected chi connectivity index (χ4v) is 2.84. The third kappa shape index (κ3) is 3.27. The van der Waals surface area contributed by atoms with Gasteiger partial charge in [0.2, 0.25) is 0 Å². The van der Waals surface area contributed by atoms with Crippen LogP contribution in [-0.4, -0.2) is 24.1 Å². The number of hydrogen-bond donors (Lipinski definition) is 2. The summed E-state index contributed by atoms with van der Waals surface area (Å²) in [5, 5.41) is 10.4. The van der Waals surface area contributed by atoms with Gasteiger partial charge in [-0.1, -0.05) is 6.92 Å². The van der Waals surface area contributed by atoms with Gasteiger partial charge in [0, 0.05) is 24.5 Å². The van der Waals surface area contributed by atoms with Gasteiger partial charge in [0.1, 0.15) is 0 Å². The molecule has 2 rings (SSSR count). The maximum absolute atomic E-state index is 4.45. The number of rotatable bonds is 4. The quantitative estimate of drug-likeness (QED) is 0.843. The lowest BCUT2D eigenvalue weighted by Crippen LogP contribution is -2.46. The van der Waals surface area contributed by atoms with E-state index in [0.717, 1.165) is 24.0 Å². The Morgan fingerprint density at radius 3 is 3.19 bits per heavy atom. The fraction of sp³-hybridized carbons (Fsp3) is 0.750. The van der Waals surface area contributed by atoms with Crippen LogP contribution in [0.3, 0.4) is 0 Å². The van der Waals surface area contributed by atoms with Crippen LogP contribution in [0.25, 0.3) is 0 Å². The number of aromatic nitrogens is 1. The van der Waals surface area contributed by atoms with Crippen LogP contribution in [0.1, 0.15) is 30.5 Å². The predicted octanol–water partition coefficient (Wildman–Crippen LogP) is 1.93. The summed E-state index contributed by atoms with van der Waals surface area (Å²) in [4.78, 5) is 4.45. The van der Waals surface area contributed by atoms with Gasteiger partial charge in [0.05, 0.1) is 10.7 Å². The number of nitrogens with zero attached hydrogens (tertiary/aromatic N) is 1. The summed E-state index contributed by atoms with van der Waals surface area (Å²) < 4.78 is 0. The third-order valence-electron chi connectivity index (χ3n) is 3.27. The second-order valence-corrected chi connectivity index (χ2v) is 5.73. The van der Waals surface area contributed by atoms with Crippen LogP contribution >= 0.6 is 11.3 Å². The molecule has 0 amide bonds. The average molecular weight is 239 g/mol. The van der Waals surface area contributed by atoms with Crippen LogP contribution in [0.2, 0.25) is 0 Å². The normalized spacial score (nSPS) is 25.9. The summed E-state index contributed by atoms with van der Waals surface area (Å²) in [6, 6.07) is 0.633. The second-order valence-electron chi connectivity index (χ2n) is 4.67. The first kappa shape index (κ1) is 12.0. The van der Waals surface area contributed by atoms with Crippen LogP contribution in [0.15, 0.2) is 5.38 Å². The summed E-state index contributed by atoms with van der Waals surface area (Å²) in [5.74, 6) is 0.790. The van der Waals surface area contributed by atoms with E-state index in [4.69, 9.17) is 0 Å². The molecule has 90 valence electrons. The minimum absolute atomic E-state index is 0.633. The molecule has 2 heterocycles. The van der Waals surface area contributed by atoms with E-state index in [1.54, 1.807) is 11.3 Å². The largest absolute Gasteiger partial charge is 0.312 e. The summed E-state index contributed by atoms with van der Waals surface area (Å²) in [6.07, 6.45) is 2.68. The van der Waals surface area contributed by atoms with Gasteiger partial charge in [-0.2, -0.15) is 0 Å². The zero-order chi connectivity index (χ0) is 11.4. The molecule has 2 unspecified atom stereocenters. The van der Waals surface area contributed by atoms with E-state index < -0.39 is 0 Å². The van der Waals surface area contributed by atoms with Gasteiger partial charge in [0.25, 0.3) is 0 Å². The predicted molar refractivity (Wildman–Crippen MR) is 68.7 cm³/mol. The minimum atomic E-state index is 0.633. The highest BCUT2D eigenvalue weighted by molar-refractivity contribution is 7.09. The Balaban J connectivity index is 1.71. The van der Waals surface area contributed by atoms with Crippen LogP contribution in [0.4, 0.5) is 0 Å². The number of thiazole rings is 1. The maximum Gasteiger partial charge on any atom is 0.0897 e. The molecule has 16 heavy (non-hydrogen) atoms. The monoisotopic (exact) mass is 239 g/mol. The molecule has 1 aliphatic heterocycles. The van der Waals surface area contributed by atoms with Crippen molar-refractivity contribution >= 4 is 11.3 Å². The van der Waals surface area contributed by atoms with Gasteiger partial charge >= 0.3 is 0 Å². The molecule has 3 nitrogen and oxygen atoms in total. The van der Waals surface area contributed by atoms with Crippen molar-refractivity contribution in [1.82, 2.24) is 15.6 Å². The molecule has 1 aromatic heterocycles. The molecule has 0 saturated carbocycles. The highest BCUT2D eigenvalue weighted by Gasteiger charge is 2.19. The molecular weight excluding hydrogens is 218 g/mol. The van der Waals surface area contributed by atoms with Gasteiger partial charge in [0.15, 0.2) is 0 Å². The first-order chi connectivity index (χ1) is 7.75. The molecule has 0 bridgehead atoms. The molecule has 2 atom stereocenters. The molecule has 0 aromatic carbocycles. The standard InChI is InChI=1S/C12H21N3S/c1-9-4-3-5-14-12(9)7-13-6-11-8-16-10(2)15-11/h8-9,12-14H,3-7H2,1-2H3. The summed E-state index contributed by atoms with van der Waals surface area (Å²) in [6.45, 7) is 7.52. The zero-order valence-corrected chi connectivity index (χ0v) is 10.9. The van der Waals surface area contributed by atoms with Crippen LogP contribution in [0.5, 0.6) is 0 Å². The molecule has 0 aliphatic carbocycles. The SMILES string of the molecule is Cc1nc(CNCC2NCCCC2C)cs1. The molecule has 0 spiro atoms. The van der Waals surface area contributed by atoms with Gasteiger partial charge in [-0.3, -0.25) is 0 Å². The number of aryl methyl sites for hydroxylation is 1. The van der Waals surface area contributed by atoms with E-state index in [0.29, 0.717) is 6.04 Å². The Morgan fingerprint density at radius 1 is 1.62 bits per heavy atom. The van der Waals surface area contributed by atoms with Crippen LogP contribution in [0, 0.1) is 12.8 Å². The lowest BCUT2D eigenvalue weighted by Gasteiger charge is -2.30. The lowest BCUT2D eigenvalue weighted by molar-refractivity contribution is 0.290. The van der Waals surface area contributed by atoms with Gasteiger partial charge in [-0.25, -0.2) is 4.98 Å². The van der Waals surface area contributed by atoms with Gasteiger partial charge < -0.3 is 10.6 Å². The zero-order valence-electron chi connectivity index (χ0n) is 10.1. The van der Waals surface area contributed by atoms with Crippen molar-refractivity contribution < 1.29 is 0 Å². The minimum Gasteiger partial charge on any atom is -0.312 e. The molecule has 1 aromatic rings. The molecule has 1 fully saturated rings. The van der Waals surface area contributed by atoms with Gasteiger partial charge in [-0.05, 0) is 32.2 Å². The number of piperidine rings is 1. The number of hydrogen-bond acceptors (Lipinski definition) is 4. The van der Waals surface area contributed by atoms with E-state index in [-0.39, 0.29) is 0 Å². The van der Waals surface area contributed by atoms with Gasteiger partial charge in [-0.15, -0.1) is 11.3 Å². The Hall–Kier alpha value is -0.450. The molecular formula is C12H21N3S. The summed E-state index contributed by atoms with van der Waals surface area (Å²) in [7, 11) is 0. The second kappa shape index (κ2) is 5.75. The molecule has 4 heteroatoms. The van der Waals surface area contributed by atoms with Crippen molar-refractivity contribution in [2.75, 3.05) is 13.1 Å². The summed E-state index contributed by atoms with van der Waals surface area (Å²) in [5.41, 5.74) is 1.17. The van der Waals surface area contributed by atoms with Crippen molar-refractivity contribution in [1.29, 1.82) is 0 Å². The van der Waals surface area contributed by atoms with Crippen molar-refractivity contribution in [3.05, 3.63) is 16.1 Å². The smallest absolute Gasteiger partial charge is 0.0897 e. The topological polar surface area (TPSA) is 37.0 Å². The first-order valence-electron chi connectivity index (χ1n) is 6.11. The third-order valence-corrected chi connectivity index (χ3v) is 4.09. The Kier molecular flexibility index (Phi) is 4.32. The van der Waals surface area contributed by atoms with Crippen molar-refractivity contribution in [2.45, 2.75) is 39.3 Å². The average Bonchev–Trinajstić information content (AvgIpc) is 2.67. The van der Waals surface area contributed by atoms with E-state index in [2.05, 4.69) is 34.8 Å². The summed E-state index contributed by atoms with van der Waals surface area (Å²) >= 11 is 1.72. The maximum atomic E-state index is 4.45.